The highest BCUT2D eigenvalue weighted by atomic mass is 19.4. The van der Waals surface area contributed by atoms with Crippen molar-refractivity contribution in [1.29, 1.82) is 5.26 Å². The largest absolute Gasteiger partial charge is 0.482 e. The number of amides is 1. The summed E-state index contributed by atoms with van der Waals surface area (Å²) in [5, 5.41) is 11.6. The van der Waals surface area contributed by atoms with Crippen molar-refractivity contribution in [1.82, 2.24) is 9.97 Å². The summed E-state index contributed by atoms with van der Waals surface area (Å²) >= 11 is 0. The minimum atomic E-state index is -4.41. The Bertz CT molecular complexity index is 1020. The van der Waals surface area contributed by atoms with E-state index in [1.165, 1.54) is 24.7 Å². The van der Waals surface area contributed by atoms with Gasteiger partial charge >= 0.3 is 6.18 Å². The molecule has 3 N–H and O–H groups in total. The normalized spacial score (nSPS) is 14.0. The van der Waals surface area contributed by atoms with Gasteiger partial charge in [-0.15, -0.1) is 0 Å². The molecule has 0 atom stereocenters. The Labute approximate surface area is 195 Å². The number of carbonyl (C=O) groups is 1. The summed E-state index contributed by atoms with van der Waals surface area (Å²) < 4.78 is 46.6. The minimum Gasteiger partial charge on any atom is -0.482 e. The first kappa shape index (κ1) is 26.6. The number of halogens is 3. The Morgan fingerprint density at radius 1 is 1.32 bits per heavy atom. The molecular formula is C23H26F3N5O3. The molecule has 2 aromatic rings. The molecule has 1 aliphatic carbocycles. The van der Waals surface area contributed by atoms with E-state index >= 15 is 0 Å². The molecule has 3 rings (SSSR count). The number of aromatic nitrogens is 2. The summed E-state index contributed by atoms with van der Waals surface area (Å²) in [6.45, 7) is 4.18. The SMILES string of the molecule is C=C(CC)Nc1ccc(C#N)cn1.NC(=O)COC1(c2cncc(OCC(F)(F)F)c2)CCC1. The van der Waals surface area contributed by atoms with E-state index in [9.17, 15) is 18.0 Å². The van der Waals surface area contributed by atoms with Crippen molar-refractivity contribution in [3.8, 4) is 11.8 Å². The second-order valence-corrected chi connectivity index (χ2v) is 7.54. The summed E-state index contributed by atoms with van der Waals surface area (Å²) in [4.78, 5) is 18.7. The van der Waals surface area contributed by atoms with Gasteiger partial charge in [-0.3, -0.25) is 9.78 Å². The third-order valence-electron chi connectivity index (χ3n) is 4.92. The number of hydrogen-bond acceptors (Lipinski definition) is 7. The van der Waals surface area contributed by atoms with Gasteiger partial charge < -0.3 is 20.5 Å². The zero-order valence-corrected chi connectivity index (χ0v) is 18.7. The molecule has 1 saturated carbocycles. The van der Waals surface area contributed by atoms with Crippen LogP contribution in [0.2, 0.25) is 0 Å². The average Bonchev–Trinajstić information content (AvgIpc) is 2.77. The van der Waals surface area contributed by atoms with Crippen molar-refractivity contribution in [2.75, 3.05) is 18.5 Å². The van der Waals surface area contributed by atoms with Gasteiger partial charge in [0.05, 0.1) is 17.4 Å². The van der Waals surface area contributed by atoms with Gasteiger partial charge in [-0.2, -0.15) is 18.4 Å². The third-order valence-corrected chi connectivity index (χ3v) is 4.92. The number of pyridine rings is 2. The number of primary amides is 1. The van der Waals surface area contributed by atoms with Crippen molar-refractivity contribution < 1.29 is 27.4 Å². The lowest BCUT2D eigenvalue weighted by atomic mass is 9.75. The molecular weight excluding hydrogens is 451 g/mol. The number of carbonyl (C=O) groups excluding carboxylic acids is 1. The molecule has 34 heavy (non-hydrogen) atoms. The van der Waals surface area contributed by atoms with Crippen LogP contribution in [0.3, 0.4) is 0 Å². The molecule has 0 saturated heterocycles. The van der Waals surface area contributed by atoms with E-state index in [4.69, 9.17) is 15.7 Å². The highest BCUT2D eigenvalue weighted by Gasteiger charge is 2.41. The van der Waals surface area contributed by atoms with Gasteiger partial charge in [0.1, 0.15) is 24.2 Å². The molecule has 0 bridgehead atoms. The van der Waals surface area contributed by atoms with Crippen molar-refractivity contribution in [2.24, 2.45) is 5.73 Å². The number of anilines is 1. The van der Waals surface area contributed by atoms with Gasteiger partial charge in [0.25, 0.3) is 0 Å². The maximum Gasteiger partial charge on any atom is 0.422 e. The molecule has 2 aromatic heterocycles. The molecule has 11 heteroatoms. The number of rotatable bonds is 9. The van der Waals surface area contributed by atoms with Gasteiger partial charge in [0, 0.05) is 23.7 Å². The number of alkyl halides is 3. The number of nitrogens with two attached hydrogens (primary N) is 1. The number of ether oxygens (including phenoxy) is 2. The molecule has 1 fully saturated rings. The van der Waals surface area contributed by atoms with Crippen molar-refractivity contribution in [3.05, 3.63) is 60.2 Å². The highest BCUT2D eigenvalue weighted by Crippen LogP contribution is 2.45. The summed E-state index contributed by atoms with van der Waals surface area (Å²) in [6, 6.07) is 6.95. The van der Waals surface area contributed by atoms with Crippen molar-refractivity contribution >= 4 is 11.7 Å². The zero-order valence-electron chi connectivity index (χ0n) is 18.7. The Morgan fingerprint density at radius 2 is 2.06 bits per heavy atom. The number of nitrogens with one attached hydrogen (secondary N) is 1. The van der Waals surface area contributed by atoms with Crippen LogP contribution in [-0.2, 0) is 15.1 Å². The first-order valence-corrected chi connectivity index (χ1v) is 10.4. The fourth-order valence-electron chi connectivity index (χ4n) is 2.94. The molecule has 2 heterocycles. The predicted molar refractivity (Wildman–Crippen MR) is 118 cm³/mol. The molecule has 0 aliphatic heterocycles. The maximum atomic E-state index is 12.1. The van der Waals surface area contributed by atoms with Crippen LogP contribution < -0.4 is 15.8 Å². The fraction of sp³-hybridized carbons (Fsp3) is 0.391. The van der Waals surface area contributed by atoms with E-state index in [0.29, 0.717) is 24.0 Å². The van der Waals surface area contributed by atoms with Crippen LogP contribution in [0.15, 0.2) is 49.1 Å². The quantitative estimate of drug-likeness (QED) is 0.555. The maximum absolute atomic E-state index is 12.1. The van der Waals surface area contributed by atoms with Crippen LogP contribution >= 0.6 is 0 Å². The van der Waals surface area contributed by atoms with Crippen LogP contribution in [0.5, 0.6) is 5.75 Å². The Kier molecular flexibility index (Phi) is 9.38. The Hall–Kier alpha value is -3.65. The van der Waals surface area contributed by atoms with Crippen LogP contribution in [-0.4, -0.2) is 35.3 Å². The zero-order chi connectivity index (χ0) is 25.2. The molecule has 182 valence electrons. The van der Waals surface area contributed by atoms with Gasteiger partial charge in [-0.25, -0.2) is 4.98 Å². The monoisotopic (exact) mass is 477 g/mol. The van der Waals surface area contributed by atoms with Gasteiger partial charge in [-0.1, -0.05) is 13.5 Å². The van der Waals surface area contributed by atoms with Crippen molar-refractivity contribution in [3.63, 3.8) is 0 Å². The van der Waals surface area contributed by atoms with E-state index in [1.54, 1.807) is 12.1 Å². The van der Waals surface area contributed by atoms with Crippen LogP contribution in [0, 0.1) is 11.3 Å². The van der Waals surface area contributed by atoms with Crippen LogP contribution in [0.1, 0.15) is 43.7 Å². The average molecular weight is 477 g/mol. The van der Waals surface area contributed by atoms with Gasteiger partial charge in [0.2, 0.25) is 5.91 Å². The second-order valence-electron chi connectivity index (χ2n) is 7.54. The first-order chi connectivity index (χ1) is 16.1. The number of nitrogens with zero attached hydrogens (tertiary/aromatic N) is 3. The van der Waals surface area contributed by atoms with Gasteiger partial charge in [0.15, 0.2) is 6.61 Å². The summed E-state index contributed by atoms with van der Waals surface area (Å²) in [7, 11) is 0. The van der Waals surface area contributed by atoms with Crippen molar-refractivity contribution in [2.45, 2.75) is 44.4 Å². The lowest BCUT2D eigenvalue weighted by Crippen LogP contribution is -2.39. The number of nitriles is 1. The molecule has 1 amide bonds. The van der Waals surface area contributed by atoms with E-state index in [-0.39, 0.29) is 12.4 Å². The Morgan fingerprint density at radius 3 is 2.56 bits per heavy atom. The number of hydrogen-bond donors (Lipinski definition) is 2. The fourth-order valence-corrected chi connectivity index (χ4v) is 2.94. The van der Waals surface area contributed by atoms with E-state index in [0.717, 1.165) is 24.4 Å². The molecule has 0 radical (unpaired) electrons. The predicted octanol–water partition coefficient (Wildman–Crippen LogP) is 4.19. The van der Waals surface area contributed by atoms with E-state index in [1.807, 2.05) is 13.0 Å². The summed E-state index contributed by atoms with van der Waals surface area (Å²) in [5.74, 6) is 0.142. The first-order valence-electron chi connectivity index (χ1n) is 10.4. The highest BCUT2D eigenvalue weighted by molar-refractivity contribution is 5.75. The van der Waals surface area contributed by atoms with Gasteiger partial charge in [-0.05, 0) is 43.9 Å². The lowest BCUT2D eigenvalue weighted by Gasteiger charge is -2.41. The summed E-state index contributed by atoms with van der Waals surface area (Å²) in [5.41, 5.74) is 6.41. The smallest absolute Gasteiger partial charge is 0.422 e. The lowest BCUT2D eigenvalue weighted by molar-refractivity contribution is -0.153. The second kappa shape index (κ2) is 12.0. The molecule has 8 nitrogen and oxygen atoms in total. The minimum absolute atomic E-state index is 0.0128. The standard InChI is InChI=1S/C13H15F3N2O3.C10H11N3/c14-13(15,16)8-20-10-4-9(5-18-6-10)12(2-1-3-12)21-7-11(17)19;1-3-8(2)13-10-5-4-9(6-11)7-12-10/h4-6H,1-3,7-8H2,(H2,17,19);4-5,7H,2-3H2,1H3,(H,12,13). The van der Waals surface area contributed by atoms with Crippen LogP contribution in [0.4, 0.5) is 19.0 Å². The van der Waals surface area contributed by atoms with E-state index in [2.05, 4.69) is 26.6 Å². The third kappa shape index (κ3) is 8.37. The topological polar surface area (TPSA) is 123 Å². The molecule has 1 aliphatic rings. The number of allylic oxidation sites excluding steroid dienone is 1. The molecule has 0 unspecified atom stereocenters. The Balaban J connectivity index is 0.000000270. The summed E-state index contributed by atoms with van der Waals surface area (Å²) in [6.07, 6.45) is 2.90. The van der Waals surface area contributed by atoms with E-state index < -0.39 is 24.3 Å². The molecule has 0 aromatic carbocycles. The van der Waals surface area contributed by atoms with Crippen LogP contribution in [0.25, 0.3) is 0 Å². The molecule has 0 spiro atoms.